The fraction of sp³-hybridized carbons (Fsp3) is 0.688. The van der Waals surface area contributed by atoms with E-state index in [1.807, 2.05) is 0 Å². The summed E-state index contributed by atoms with van der Waals surface area (Å²) in [5.41, 5.74) is 0.873. The average Bonchev–Trinajstić information content (AvgIpc) is 3.23. The first-order chi connectivity index (χ1) is 13.8. The second-order valence-corrected chi connectivity index (χ2v) is 8.32. The van der Waals surface area contributed by atoms with Crippen LogP contribution in [0.4, 0.5) is 5.82 Å². The summed E-state index contributed by atoms with van der Waals surface area (Å²) in [6, 6.07) is 0.303. The molecule has 1 aliphatic heterocycles. The third kappa shape index (κ3) is 5.11. The maximum absolute atomic E-state index is 10.6. The molecule has 4 rings (SSSR count). The third-order valence-electron chi connectivity index (χ3n) is 5.29. The van der Waals surface area contributed by atoms with Crippen molar-refractivity contribution in [3.05, 3.63) is 12.7 Å². The Morgan fingerprint density at radius 3 is 2.63 bits per heavy atom. The number of hydrogen-bond donors (Lipinski definition) is 3. The van der Waals surface area contributed by atoms with Crippen molar-refractivity contribution >= 4 is 27.4 Å². The van der Waals surface area contributed by atoms with Crippen LogP contribution in [0.1, 0.15) is 38.3 Å². The smallest absolute Gasteiger partial charge is 0.726 e. The van der Waals surface area contributed by atoms with Gasteiger partial charge in [-0.2, -0.15) is 0 Å². The summed E-state index contributed by atoms with van der Waals surface area (Å²) in [5, 5.41) is 23.9. The van der Waals surface area contributed by atoms with Crippen LogP contribution in [0, 0.1) is 0 Å². The van der Waals surface area contributed by atoms with Crippen LogP contribution in [0.5, 0.6) is 0 Å². The molecule has 2 aromatic rings. The van der Waals surface area contributed by atoms with Gasteiger partial charge in [-0.1, -0.05) is 19.3 Å². The Balaban J connectivity index is 0.00000256. The molecule has 0 bridgehead atoms. The van der Waals surface area contributed by atoms with Crippen molar-refractivity contribution in [2.24, 2.45) is 0 Å². The molecule has 3 heterocycles. The topological polar surface area (TPSA) is 172 Å². The van der Waals surface area contributed by atoms with Crippen LogP contribution in [0.15, 0.2) is 12.7 Å². The van der Waals surface area contributed by atoms with Gasteiger partial charge >= 0.3 is 29.6 Å². The summed E-state index contributed by atoms with van der Waals surface area (Å²) < 4.78 is 43.1. The average molecular weight is 451 g/mol. The Hall–Kier alpha value is -0.900. The predicted molar refractivity (Wildman–Crippen MR) is 97.4 cm³/mol. The predicted octanol–water partition coefficient (Wildman–Crippen LogP) is -3.33. The van der Waals surface area contributed by atoms with E-state index in [1.54, 1.807) is 0 Å². The molecule has 14 heteroatoms. The van der Waals surface area contributed by atoms with Gasteiger partial charge in [0.05, 0.1) is 12.9 Å². The van der Waals surface area contributed by atoms with Crippen LogP contribution in [0.25, 0.3) is 11.2 Å². The van der Waals surface area contributed by atoms with Gasteiger partial charge in [-0.05, 0) is 12.8 Å². The van der Waals surface area contributed by atoms with Crippen molar-refractivity contribution in [1.82, 2.24) is 19.5 Å². The van der Waals surface area contributed by atoms with Crippen LogP contribution < -0.4 is 34.9 Å². The molecule has 2 aliphatic rings. The van der Waals surface area contributed by atoms with E-state index in [2.05, 4.69) is 24.5 Å². The Morgan fingerprint density at radius 2 is 1.93 bits per heavy atom. The second kappa shape index (κ2) is 9.71. The largest absolute Gasteiger partial charge is 1.00 e. The summed E-state index contributed by atoms with van der Waals surface area (Å²) in [7, 11) is -4.95. The van der Waals surface area contributed by atoms with Crippen molar-refractivity contribution in [3.8, 4) is 0 Å². The van der Waals surface area contributed by atoms with Gasteiger partial charge in [0.1, 0.15) is 24.6 Å². The van der Waals surface area contributed by atoms with Crippen molar-refractivity contribution in [3.63, 3.8) is 0 Å². The Kier molecular flexibility index (Phi) is 7.69. The zero-order chi connectivity index (χ0) is 20.6. The SMILES string of the molecule is O=S(=O)([O-])OC[C@H]1O[C@@H](n2cnc3c(NC4CCCCC4)ncnc32)[C@H](O)[C@@H]1O.[Na+]. The second-order valence-electron chi connectivity index (χ2n) is 7.26. The third-order valence-corrected chi connectivity index (χ3v) is 5.72. The molecule has 12 nitrogen and oxygen atoms in total. The van der Waals surface area contributed by atoms with Gasteiger partial charge in [0.25, 0.3) is 0 Å². The maximum Gasteiger partial charge on any atom is 1.00 e. The zero-order valence-electron chi connectivity index (χ0n) is 16.4. The molecule has 2 aromatic heterocycles. The number of aromatic nitrogens is 4. The fourth-order valence-electron chi connectivity index (χ4n) is 3.83. The number of fused-ring (bicyclic) bond motifs is 1. The van der Waals surface area contributed by atoms with E-state index in [0.717, 1.165) is 25.7 Å². The number of nitrogens with zero attached hydrogens (tertiary/aromatic N) is 4. The molecule has 2 fully saturated rings. The molecular formula is C16H22N5NaO7S. The number of imidazole rings is 1. The molecule has 0 spiro atoms. The van der Waals surface area contributed by atoms with Gasteiger partial charge in [-0.15, -0.1) is 0 Å². The number of hydrogen-bond acceptors (Lipinski definition) is 11. The van der Waals surface area contributed by atoms with E-state index in [-0.39, 0.29) is 29.6 Å². The summed E-state index contributed by atoms with van der Waals surface area (Å²) >= 11 is 0. The van der Waals surface area contributed by atoms with Crippen LogP contribution in [0.3, 0.4) is 0 Å². The molecular weight excluding hydrogens is 429 g/mol. The van der Waals surface area contributed by atoms with E-state index < -0.39 is 41.5 Å². The number of aliphatic hydroxyl groups is 2. The Bertz CT molecular complexity index is 968. The monoisotopic (exact) mass is 451 g/mol. The Labute approximate surface area is 195 Å². The molecule has 1 saturated carbocycles. The summed E-state index contributed by atoms with van der Waals surface area (Å²) in [5.74, 6) is 0.575. The van der Waals surface area contributed by atoms with Gasteiger partial charge in [0.2, 0.25) is 10.4 Å². The van der Waals surface area contributed by atoms with Crippen molar-refractivity contribution < 1.29 is 61.7 Å². The molecule has 160 valence electrons. The Morgan fingerprint density at radius 1 is 1.20 bits per heavy atom. The van der Waals surface area contributed by atoms with Crippen molar-refractivity contribution in [2.75, 3.05) is 11.9 Å². The first-order valence-corrected chi connectivity index (χ1v) is 10.7. The number of nitrogens with one attached hydrogen (secondary N) is 1. The molecule has 0 aromatic carbocycles. The maximum atomic E-state index is 10.6. The number of anilines is 1. The van der Waals surface area contributed by atoms with E-state index in [0.29, 0.717) is 23.0 Å². The molecule has 3 N–H and O–H groups in total. The molecule has 0 radical (unpaired) electrons. The minimum Gasteiger partial charge on any atom is -0.726 e. The van der Waals surface area contributed by atoms with Gasteiger partial charge < -0.3 is 24.8 Å². The van der Waals surface area contributed by atoms with Crippen LogP contribution in [0.2, 0.25) is 0 Å². The molecule has 30 heavy (non-hydrogen) atoms. The van der Waals surface area contributed by atoms with Crippen molar-refractivity contribution in [1.29, 1.82) is 0 Å². The minimum atomic E-state index is -4.95. The van der Waals surface area contributed by atoms with E-state index >= 15 is 0 Å². The molecule has 0 amide bonds. The number of aliphatic hydroxyl groups excluding tert-OH is 2. The van der Waals surface area contributed by atoms with Crippen LogP contribution in [-0.2, 0) is 19.3 Å². The van der Waals surface area contributed by atoms with E-state index in [4.69, 9.17) is 4.74 Å². The summed E-state index contributed by atoms with van der Waals surface area (Å²) in [4.78, 5) is 12.8. The summed E-state index contributed by atoms with van der Waals surface area (Å²) in [6.07, 6.45) is 3.25. The standard InChI is InChI=1S/C16H23N5O7S.Na/c22-12-10(6-27-29(24,25)26)28-16(13(12)23)21-8-19-11-14(17-7-18-15(11)21)20-9-4-2-1-3-5-9;/h7-10,12-13,16,22-23H,1-6H2,(H,17,18,20)(H,24,25,26);/q;+1/p-1/t10-,12-,13-,16-;/m1./s1. The zero-order valence-corrected chi connectivity index (χ0v) is 19.2. The fourth-order valence-corrected chi connectivity index (χ4v) is 4.13. The summed E-state index contributed by atoms with van der Waals surface area (Å²) in [6.45, 7) is -0.712. The van der Waals surface area contributed by atoms with Gasteiger partial charge in [0, 0.05) is 6.04 Å². The molecule has 0 unspecified atom stereocenters. The molecule has 4 atom stereocenters. The van der Waals surface area contributed by atoms with Gasteiger partial charge in [-0.25, -0.2) is 23.4 Å². The van der Waals surface area contributed by atoms with Gasteiger partial charge in [0.15, 0.2) is 23.2 Å². The normalized spacial score (nSPS) is 27.8. The van der Waals surface area contributed by atoms with Crippen LogP contribution >= 0.6 is 0 Å². The van der Waals surface area contributed by atoms with Crippen molar-refractivity contribution in [2.45, 2.75) is 62.7 Å². The van der Waals surface area contributed by atoms with E-state index in [1.165, 1.54) is 23.6 Å². The quantitative estimate of drug-likeness (QED) is 0.228. The van der Waals surface area contributed by atoms with Gasteiger partial charge in [-0.3, -0.25) is 8.75 Å². The number of rotatable bonds is 6. The minimum absolute atomic E-state index is 0. The first-order valence-electron chi connectivity index (χ1n) is 9.39. The molecule has 1 aliphatic carbocycles. The number of ether oxygens (including phenoxy) is 1. The molecule has 1 saturated heterocycles. The first kappa shape index (κ1) is 23.8. The van der Waals surface area contributed by atoms with E-state index in [9.17, 15) is 23.2 Å². The van der Waals surface area contributed by atoms with Crippen LogP contribution in [-0.4, -0.2) is 73.7 Å².